The van der Waals surface area contributed by atoms with Gasteiger partial charge in [0.15, 0.2) is 5.78 Å². The van der Waals surface area contributed by atoms with Crippen molar-refractivity contribution in [3.8, 4) is 11.1 Å². The zero-order chi connectivity index (χ0) is 44.0. The van der Waals surface area contributed by atoms with Crippen molar-refractivity contribution >= 4 is 41.8 Å². The monoisotopic (exact) mass is 843 g/mol. The highest BCUT2D eigenvalue weighted by Gasteiger charge is 2.32. The van der Waals surface area contributed by atoms with E-state index in [0.717, 1.165) is 27.8 Å². The van der Waals surface area contributed by atoms with Crippen molar-refractivity contribution in [1.29, 1.82) is 5.41 Å². The van der Waals surface area contributed by atoms with Gasteiger partial charge in [-0.2, -0.15) is 0 Å². The van der Waals surface area contributed by atoms with E-state index in [2.05, 4.69) is 21.3 Å². The molecule has 0 saturated heterocycles. The standard InChI is InChI=1S/C45H57N5O11/c1-30(2)26-39(50-45(57)61-29-37-35-14-8-6-12-33(35)34-13-7-9-15-36(34)37)44(56)48-38(17-16-32(51)28-46)43(55)49-40(27-31-10-4-3-5-11-31)42(54)47-19-21-59-23-25-60-24-22-58-20-18-41(52)53/h3-15,28,30,37-40,46H,16-27,29H2,1-2H3,(H,47,54)(H,48,56)(H,49,55)(H,50,57)(H,52,53)/t38-,39-,40-/m0/s1. The molecule has 0 fully saturated rings. The van der Waals surface area contributed by atoms with Crippen molar-refractivity contribution in [1.82, 2.24) is 21.3 Å². The summed E-state index contributed by atoms with van der Waals surface area (Å²) < 4.78 is 21.8. The molecule has 1 aliphatic rings. The molecule has 61 heavy (non-hydrogen) atoms. The molecule has 3 atom stereocenters. The first-order valence-corrected chi connectivity index (χ1v) is 20.5. The fourth-order valence-corrected chi connectivity index (χ4v) is 6.79. The van der Waals surface area contributed by atoms with E-state index in [0.29, 0.717) is 6.21 Å². The number of carboxylic acids is 1. The smallest absolute Gasteiger partial charge is 0.407 e. The van der Waals surface area contributed by atoms with Crippen molar-refractivity contribution < 1.29 is 52.8 Å². The first-order valence-electron chi connectivity index (χ1n) is 20.5. The lowest BCUT2D eigenvalue weighted by Gasteiger charge is -2.26. The minimum absolute atomic E-state index is 0.0344. The molecule has 0 aromatic heterocycles. The van der Waals surface area contributed by atoms with Gasteiger partial charge in [-0.25, -0.2) is 4.79 Å². The van der Waals surface area contributed by atoms with Crippen LogP contribution in [0.25, 0.3) is 11.1 Å². The van der Waals surface area contributed by atoms with Gasteiger partial charge in [0, 0.05) is 25.3 Å². The van der Waals surface area contributed by atoms with Gasteiger partial charge in [-0.05, 0) is 46.6 Å². The van der Waals surface area contributed by atoms with Crippen LogP contribution < -0.4 is 21.3 Å². The van der Waals surface area contributed by atoms with Crippen molar-refractivity contribution in [2.45, 2.75) is 70.0 Å². The van der Waals surface area contributed by atoms with E-state index in [4.69, 9.17) is 29.5 Å². The second-order valence-electron chi connectivity index (χ2n) is 14.9. The number of hydrogen-bond donors (Lipinski definition) is 6. The molecule has 4 amide bonds. The highest BCUT2D eigenvalue weighted by atomic mass is 16.6. The molecule has 0 aliphatic heterocycles. The first kappa shape index (κ1) is 47.7. The molecule has 0 radical (unpaired) electrons. The third-order valence-corrected chi connectivity index (χ3v) is 9.80. The number of Topliss-reactive ketones (excluding diaryl/α,β-unsaturated/α-hetero) is 1. The van der Waals surface area contributed by atoms with E-state index in [1.165, 1.54) is 0 Å². The Balaban J connectivity index is 1.35. The fourth-order valence-electron chi connectivity index (χ4n) is 6.79. The third-order valence-electron chi connectivity index (χ3n) is 9.80. The van der Waals surface area contributed by atoms with Gasteiger partial charge in [-0.1, -0.05) is 92.7 Å². The van der Waals surface area contributed by atoms with E-state index in [1.54, 1.807) is 24.3 Å². The lowest BCUT2D eigenvalue weighted by molar-refractivity contribution is -0.138. The molecule has 328 valence electrons. The molecule has 16 heteroatoms. The van der Waals surface area contributed by atoms with Crippen LogP contribution >= 0.6 is 0 Å². The Kier molecular flexibility index (Phi) is 20.0. The number of alkyl carbamates (subject to hydrolysis) is 1. The molecule has 6 N–H and O–H groups in total. The Labute approximate surface area is 355 Å². The molecule has 0 bridgehead atoms. The van der Waals surface area contributed by atoms with Gasteiger partial charge in [0.1, 0.15) is 24.7 Å². The van der Waals surface area contributed by atoms with Gasteiger partial charge < -0.3 is 50.7 Å². The van der Waals surface area contributed by atoms with Crippen molar-refractivity contribution in [3.63, 3.8) is 0 Å². The number of hydrogen-bond acceptors (Lipinski definition) is 11. The Morgan fingerprint density at radius 2 is 1.23 bits per heavy atom. The summed E-state index contributed by atoms with van der Waals surface area (Å²) in [5.74, 6) is -3.66. The maximum absolute atomic E-state index is 13.9. The van der Waals surface area contributed by atoms with Crippen LogP contribution in [-0.4, -0.2) is 118 Å². The summed E-state index contributed by atoms with van der Waals surface area (Å²) in [5, 5.41) is 26.9. The predicted octanol–water partition coefficient (Wildman–Crippen LogP) is 3.79. The molecular weight excluding hydrogens is 787 g/mol. The Bertz CT molecular complexity index is 1880. The highest BCUT2D eigenvalue weighted by molar-refractivity contribution is 6.26. The van der Waals surface area contributed by atoms with Gasteiger partial charge in [0.25, 0.3) is 0 Å². The van der Waals surface area contributed by atoms with Gasteiger partial charge in [0.2, 0.25) is 17.7 Å². The van der Waals surface area contributed by atoms with Crippen LogP contribution in [0.2, 0.25) is 0 Å². The van der Waals surface area contributed by atoms with Crippen LogP contribution in [0.15, 0.2) is 78.9 Å². The van der Waals surface area contributed by atoms with Crippen LogP contribution in [0.3, 0.4) is 0 Å². The number of carboxylic acid groups (broad SMARTS) is 1. The van der Waals surface area contributed by atoms with Crippen molar-refractivity contribution in [2.24, 2.45) is 5.92 Å². The lowest BCUT2D eigenvalue weighted by atomic mass is 9.98. The van der Waals surface area contributed by atoms with E-state index in [1.807, 2.05) is 68.4 Å². The van der Waals surface area contributed by atoms with Gasteiger partial charge in [-0.3, -0.25) is 24.0 Å². The topological polar surface area (TPSA) is 232 Å². The molecule has 0 unspecified atom stereocenters. The summed E-state index contributed by atoms with van der Waals surface area (Å²) in [6, 6.07) is 21.4. The van der Waals surface area contributed by atoms with Crippen LogP contribution in [-0.2, 0) is 49.3 Å². The Morgan fingerprint density at radius 3 is 1.84 bits per heavy atom. The maximum atomic E-state index is 13.9. The number of ether oxygens (including phenoxy) is 4. The number of ketones is 1. The van der Waals surface area contributed by atoms with E-state index in [9.17, 15) is 28.8 Å². The van der Waals surface area contributed by atoms with Crippen molar-refractivity contribution in [3.05, 3.63) is 95.6 Å². The molecule has 0 spiro atoms. The molecule has 0 saturated carbocycles. The molecule has 1 aliphatic carbocycles. The molecule has 3 aromatic rings. The maximum Gasteiger partial charge on any atom is 0.407 e. The quantitative estimate of drug-likeness (QED) is 0.0455. The number of carbonyl (C=O) groups excluding carboxylic acids is 5. The second-order valence-corrected chi connectivity index (χ2v) is 14.9. The number of nitrogens with one attached hydrogen (secondary N) is 5. The summed E-state index contributed by atoms with van der Waals surface area (Å²) in [6.07, 6.45) is -0.339. The third kappa shape index (κ3) is 16.2. The second kappa shape index (κ2) is 25.6. The average molecular weight is 844 g/mol. The molecular formula is C45H57N5O11. The Hall–Kier alpha value is -5.97. The van der Waals surface area contributed by atoms with E-state index < -0.39 is 53.7 Å². The largest absolute Gasteiger partial charge is 0.481 e. The highest BCUT2D eigenvalue weighted by Crippen LogP contribution is 2.44. The predicted molar refractivity (Wildman–Crippen MR) is 226 cm³/mol. The number of aliphatic carboxylic acids is 1. The van der Waals surface area contributed by atoms with Gasteiger partial charge >= 0.3 is 12.1 Å². The SMILES string of the molecule is CC(C)C[C@H](NC(=O)OCC1c2ccccc2-c2ccccc21)C(=O)N[C@@H](CCC(=O)C=N)C(=O)N[C@@H](Cc1ccccc1)C(=O)NCCOCCOCCOCCC(=O)O. The normalized spacial score (nSPS) is 13.2. The molecule has 16 nitrogen and oxygen atoms in total. The summed E-state index contributed by atoms with van der Waals surface area (Å²) in [7, 11) is 0. The zero-order valence-electron chi connectivity index (χ0n) is 34.7. The minimum atomic E-state index is -1.30. The number of carbonyl (C=O) groups is 6. The van der Waals surface area contributed by atoms with Crippen molar-refractivity contribution in [2.75, 3.05) is 52.8 Å². The molecule has 4 rings (SSSR count). The average Bonchev–Trinajstić information content (AvgIpc) is 3.57. The summed E-state index contributed by atoms with van der Waals surface area (Å²) >= 11 is 0. The zero-order valence-corrected chi connectivity index (χ0v) is 34.7. The fraction of sp³-hybridized carbons (Fsp3) is 0.444. The molecule has 3 aromatic carbocycles. The summed E-state index contributed by atoms with van der Waals surface area (Å²) in [4.78, 5) is 77.3. The number of rotatable bonds is 28. The van der Waals surface area contributed by atoms with E-state index in [-0.39, 0.29) is 96.7 Å². The summed E-state index contributed by atoms with van der Waals surface area (Å²) in [5.41, 5.74) is 4.97. The molecule has 0 heterocycles. The van der Waals surface area contributed by atoms with E-state index >= 15 is 0 Å². The number of amides is 4. The number of fused-ring (bicyclic) bond motifs is 3. The lowest BCUT2D eigenvalue weighted by Crippen LogP contribution is -2.57. The first-order chi connectivity index (χ1) is 29.5. The summed E-state index contributed by atoms with van der Waals surface area (Å²) in [6.45, 7) is 5.17. The van der Waals surface area contributed by atoms with Gasteiger partial charge in [-0.15, -0.1) is 0 Å². The van der Waals surface area contributed by atoms with Crippen LogP contribution in [0.5, 0.6) is 0 Å². The number of benzene rings is 3. The van der Waals surface area contributed by atoms with Gasteiger partial charge in [0.05, 0.1) is 52.3 Å². The van der Waals surface area contributed by atoms with Crippen LogP contribution in [0.1, 0.15) is 62.1 Å². The Morgan fingerprint density at radius 1 is 0.672 bits per heavy atom. The van der Waals surface area contributed by atoms with Crippen LogP contribution in [0, 0.1) is 11.3 Å². The minimum Gasteiger partial charge on any atom is -0.481 e. The van der Waals surface area contributed by atoms with Crippen LogP contribution in [0.4, 0.5) is 4.79 Å².